The van der Waals surface area contributed by atoms with Crippen LogP contribution >= 0.6 is 22.7 Å². The third-order valence-electron chi connectivity index (χ3n) is 3.70. The summed E-state index contributed by atoms with van der Waals surface area (Å²) in [6, 6.07) is 17.1. The van der Waals surface area contributed by atoms with Crippen molar-refractivity contribution in [2.24, 2.45) is 0 Å². The summed E-state index contributed by atoms with van der Waals surface area (Å²) in [5.41, 5.74) is 0.961. The first-order valence-corrected chi connectivity index (χ1v) is 9.32. The second kappa shape index (κ2) is 6.66. The number of para-hydroxylation sites is 1. The fourth-order valence-corrected chi connectivity index (χ4v) is 4.30. The molecule has 0 unspecified atom stereocenters. The third kappa shape index (κ3) is 3.26. The standard InChI is InChI=1S/C19H14N2O2S2/c1-12-14-8-5-11-20-19(14)25-17(12)18(22)21-15-9-10-16(24-15)23-13-6-3-2-4-7-13/h2-11H,1H3,(H,21,22). The van der Waals surface area contributed by atoms with Crippen molar-refractivity contribution in [1.29, 1.82) is 0 Å². The summed E-state index contributed by atoms with van der Waals surface area (Å²) >= 11 is 2.81. The van der Waals surface area contributed by atoms with Crippen LogP contribution in [0.2, 0.25) is 0 Å². The zero-order chi connectivity index (χ0) is 17.2. The lowest BCUT2D eigenvalue weighted by molar-refractivity contribution is 0.103. The van der Waals surface area contributed by atoms with Crippen molar-refractivity contribution in [3.8, 4) is 10.8 Å². The lowest BCUT2D eigenvalue weighted by atomic mass is 10.2. The number of anilines is 1. The summed E-state index contributed by atoms with van der Waals surface area (Å²) in [5.74, 6) is 0.655. The first-order chi connectivity index (χ1) is 12.2. The average Bonchev–Trinajstić information content (AvgIpc) is 3.20. The predicted octanol–water partition coefficient (Wildman–Crippen LogP) is 5.71. The molecule has 0 atom stereocenters. The van der Waals surface area contributed by atoms with Crippen LogP contribution in [0.4, 0.5) is 5.00 Å². The number of aryl methyl sites for hydroxylation is 1. The van der Waals surface area contributed by atoms with E-state index in [2.05, 4.69) is 10.3 Å². The molecule has 0 fully saturated rings. The van der Waals surface area contributed by atoms with Gasteiger partial charge in [-0.3, -0.25) is 4.79 Å². The first kappa shape index (κ1) is 15.8. The van der Waals surface area contributed by atoms with E-state index in [9.17, 15) is 4.79 Å². The van der Waals surface area contributed by atoms with Crippen molar-refractivity contribution in [2.75, 3.05) is 5.32 Å². The SMILES string of the molecule is Cc1c(C(=O)Nc2ccc(Oc3ccccc3)s2)sc2ncccc12. The maximum absolute atomic E-state index is 12.6. The summed E-state index contributed by atoms with van der Waals surface area (Å²) in [4.78, 5) is 18.5. The van der Waals surface area contributed by atoms with Crippen LogP contribution in [-0.4, -0.2) is 10.9 Å². The zero-order valence-corrected chi connectivity index (χ0v) is 15.0. The van der Waals surface area contributed by atoms with Crippen LogP contribution < -0.4 is 10.1 Å². The molecule has 1 amide bonds. The van der Waals surface area contributed by atoms with E-state index in [1.807, 2.05) is 61.5 Å². The van der Waals surface area contributed by atoms with Gasteiger partial charge in [-0.05, 0) is 42.8 Å². The van der Waals surface area contributed by atoms with Gasteiger partial charge in [-0.2, -0.15) is 0 Å². The van der Waals surface area contributed by atoms with Crippen LogP contribution in [0, 0.1) is 6.92 Å². The minimum absolute atomic E-state index is 0.117. The summed E-state index contributed by atoms with van der Waals surface area (Å²) < 4.78 is 5.78. The third-order valence-corrected chi connectivity index (χ3v) is 5.79. The molecule has 25 heavy (non-hydrogen) atoms. The second-order valence-corrected chi connectivity index (χ2v) is 7.45. The molecule has 0 radical (unpaired) electrons. The highest BCUT2D eigenvalue weighted by molar-refractivity contribution is 7.21. The second-order valence-electron chi connectivity index (χ2n) is 5.40. The maximum Gasteiger partial charge on any atom is 0.266 e. The number of rotatable bonds is 4. The van der Waals surface area contributed by atoms with Gasteiger partial charge in [-0.15, -0.1) is 11.3 Å². The molecule has 0 spiro atoms. The molecule has 6 heteroatoms. The van der Waals surface area contributed by atoms with Crippen LogP contribution in [0.3, 0.4) is 0 Å². The van der Waals surface area contributed by atoms with Gasteiger partial charge in [-0.1, -0.05) is 35.6 Å². The van der Waals surface area contributed by atoms with Gasteiger partial charge < -0.3 is 10.1 Å². The molecule has 0 aliphatic rings. The van der Waals surface area contributed by atoms with Gasteiger partial charge in [-0.25, -0.2) is 4.98 Å². The number of pyridine rings is 1. The number of carbonyl (C=O) groups excluding carboxylic acids is 1. The van der Waals surface area contributed by atoms with E-state index >= 15 is 0 Å². The zero-order valence-electron chi connectivity index (χ0n) is 13.4. The lowest BCUT2D eigenvalue weighted by Crippen LogP contribution is -2.10. The van der Waals surface area contributed by atoms with Gasteiger partial charge in [0.15, 0.2) is 5.06 Å². The molecule has 4 aromatic rings. The van der Waals surface area contributed by atoms with E-state index in [1.54, 1.807) is 6.20 Å². The van der Waals surface area contributed by atoms with E-state index in [0.29, 0.717) is 4.88 Å². The topological polar surface area (TPSA) is 51.2 Å². The van der Waals surface area contributed by atoms with E-state index in [0.717, 1.165) is 31.6 Å². The minimum atomic E-state index is -0.117. The predicted molar refractivity (Wildman–Crippen MR) is 103 cm³/mol. The number of amides is 1. The number of thiophene rings is 2. The Balaban J connectivity index is 1.52. The van der Waals surface area contributed by atoms with Crippen LogP contribution in [0.15, 0.2) is 60.8 Å². The van der Waals surface area contributed by atoms with Crippen molar-refractivity contribution in [3.05, 3.63) is 71.2 Å². The number of benzene rings is 1. The largest absolute Gasteiger partial charge is 0.447 e. The molecule has 0 aliphatic carbocycles. The van der Waals surface area contributed by atoms with Crippen LogP contribution in [0.1, 0.15) is 15.2 Å². The average molecular weight is 366 g/mol. The van der Waals surface area contributed by atoms with Crippen molar-refractivity contribution in [1.82, 2.24) is 4.98 Å². The Morgan fingerprint density at radius 3 is 2.68 bits per heavy atom. The molecule has 0 aliphatic heterocycles. The molecule has 3 aromatic heterocycles. The molecule has 4 nitrogen and oxygen atoms in total. The lowest BCUT2D eigenvalue weighted by Gasteiger charge is -2.02. The fraction of sp³-hybridized carbons (Fsp3) is 0.0526. The Bertz CT molecular complexity index is 1040. The number of carbonyl (C=O) groups is 1. The summed E-state index contributed by atoms with van der Waals surface area (Å²) in [5, 5.41) is 5.46. The smallest absolute Gasteiger partial charge is 0.266 e. The molecule has 0 saturated heterocycles. The number of ether oxygens (including phenoxy) is 1. The van der Waals surface area contributed by atoms with E-state index in [1.165, 1.54) is 22.7 Å². The Hall–Kier alpha value is -2.70. The monoisotopic (exact) mass is 366 g/mol. The van der Waals surface area contributed by atoms with Crippen LogP contribution in [0.5, 0.6) is 10.8 Å². The molecule has 4 rings (SSSR count). The highest BCUT2D eigenvalue weighted by atomic mass is 32.1. The van der Waals surface area contributed by atoms with E-state index in [-0.39, 0.29) is 5.91 Å². The molecule has 0 bridgehead atoms. The highest BCUT2D eigenvalue weighted by Gasteiger charge is 2.17. The van der Waals surface area contributed by atoms with Gasteiger partial charge in [0.2, 0.25) is 0 Å². The van der Waals surface area contributed by atoms with Gasteiger partial charge in [0, 0.05) is 11.6 Å². The Morgan fingerprint density at radius 1 is 1.04 bits per heavy atom. The van der Waals surface area contributed by atoms with Gasteiger partial charge >= 0.3 is 0 Å². The number of nitrogens with one attached hydrogen (secondary N) is 1. The Morgan fingerprint density at radius 2 is 1.88 bits per heavy atom. The van der Waals surface area contributed by atoms with Crippen molar-refractivity contribution < 1.29 is 9.53 Å². The first-order valence-electron chi connectivity index (χ1n) is 7.69. The quantitative estimate of drug-likeness (QED) is 0.503. The molecule has 1 aromatic carbocycles. The number of hydrogen-bond donors (Lipinski definition) is 1. The van der Waals surface area contributed by atoms with Crippen molar-refractivity contribution in [2.45, 2.75) is 6.92 Å². The molecule has 3 heterocycles. The molecule has 0 saturated carbocycles. The van der Waals surface area contributed by atoms with Gasteiger partial charge in [0.05, 0.1) is 9.88 Å². The molecule has 1 N–H and O–H groups in total. The summed E-state index contributed by atoms with van der Waals surface area (Å²) in [6.45, 7) is 1.95. The minimum Gasteiger partial charge on any atom is -0.447 e. The molecule has 124 valence electrons. The highest BCUT2D eigenvalue weighted by Crippen LogP contribution is 2.34. The van der Waals surface area contributed by atoms with Crippen molar-refractivity contribution in [3.63, 3.8) is 0 Å². The molecular formula is C19H14N2O2S2. The Kier molecular flexibility index (Phi) is 4.21. The number of hydrogen-bond acceptors (Lipinski definition) is 5. The van der Waals surface area contributed by atoms with Crippen LogP contribution in [-0.2, 0) is 0 Å². The maximum atomic E-state index is 12.6. The number of aromatic nitrogens is 1. The van der Waals surface area contributed by atoms with Crippen LogP contribution in [0.25, 0.3) is 10.2 Å². The number of nitrogens with zero attached hydrogens (tertiary/aromatic N) is 1. The van der Waals surface area contributed by atoms with E-state index < -0.39 is 0 Å². The Labute approximate surface area is 152 Å². The number of fused-ring (bicyclic) bond motifs is 1. The normalized spacial score (nSPS) is 10.8. The van der Waals surface area contributed by atoms with Crippen molar-refractivity contribution >= 4 is 43.8 Å². The van der Waals surface area contributed by atoms with E-state index in [4.69, 9.17) is 4.74 Å². The fourth-order valence-electron chi connectivity index (χ4n) is 2.49. The molecular weight excluding hydrogens is 352 g/mol. The summed E-state index contributed by atoms with van der Waals surface area (Å²) in [6.07, 6.45) is 1.74. The van der Waals surface area contributed by atoms with Gasteiger partial charge in [0.1, 0.15) is 10.6 Å². The van der Waals surface area contributed by atoms with Gasteiger partial charge in [0.25, 0.3) is 5.91 Å². The summed E-state index contributed by atoms with van der Waals surface area (Å²) in [7, 11) is 0.